The van der Waals surface area contributed by atoms with Gasteiger partial charge in [0, 0.05) is 0 Å². The lowest BCUT2D eigenvalue weighted by Gasteiger charge is -2.17. The SMILES string of the molecule is CCC(C)Cc1cc(C)c(Bc2c(C)cc(-c3ccc(-c4ccc(-c5ccccc5)cc4)cc3)cc2C)c(C)c1. The summed E-state index contributed by atoms with van der Waals surface area (Å²) in [4.78, 5) is 0. The molecule has 0 nitrogen and oxygen atoms in total. The van der Waals surface area contributed by atoms with Crippen molar-refractivity contribution in [2.24, 2.45) is 5.92 Å². The summed E-state index contributed by atoms with van der Waals surface area (Å²) in [6.45, 7) is 13.8. The second-order valence-electron chi connectivity index (χ2n) is 11.7. The Bertz CT molecular complexity index is 1550. The monoisotopic (exact) mass is 520 g/mol. The lowest BCUT2D eigenvalue weighted by molar-refractivity contribution is 0.560. The van der Waals surface area contributed by atoms with Gasteiger partial charge in [0.2, 0.25) is 0 Å². The summed E-state index contributed by atoms with van der Waals surface area (Å²) >= 11 is 0. The average Bonchev–Trinajstić information content (AvgIpc) is 2.96. The van der Waals surface area contributed by atoms with Crippen LogP contribution in [0.5, 0.6) is 0 Å². The van der Waals surface area contributed by atoms with Crippen LogP contribution in [-0.2, 0) is 6.42 Å². The van der Waals surface area contributed by atoms with Gasteiger partial charge in [0.15, 0.2) is 7.28 Å². The summed E-state index contributed by atoms with van der Waals surface area (Å²) in [5, 5.41) is 0. The first-order valence-electron chi connectivity index (χ1n) is 14.8. The third-order valence-corrected chi connectivity index (χ3v) is 8.63. The summed E-state index contributed by atoms with van der Waals surface area (Å²) in [6, 6.07) is 38.0. The van der Waals surface area contributed by atoms with E-state index in [-0.39, 0.29) is 0 Å². The maximum absolute atomic E-state index is 2.42. The smallest absolute Gasteiger partial charge is 0.0728 e. The quantitative estimate of drug-likeness (QED) is 0.179. The largest absolute Gasteiger partial charge is 0.193 e. The fourth-order valence-electron chi connectivity index (χ4n) is 5.98. The van der Waals surface area contributed by atoms with Gasteiger partial charge in [-0.2, -0.15) is 0 Å². The summed E-state index contributed by atoms with van der Waals surface area (Å²) < 4.78 is 0. The van der Waals surface area contributed by atoms with Gasteiger partial charge in [-0.15, -0.1) is 0 Å². The van der Waals surface area contributed by atoms with Crippen LogP contribution in [0.3, 0.4) is 0 Å². The van der Waals surface area contributed by atoms with E-state index in [2.05, 4.69) is 145 Å². The van der Waals surface area contributed by atoms with Gasteiger partial charge in [-0.3, -0.25) is 0 Å². The van der Waals surface area contributed by atoms with Crippen LogP contribution in [0.1, 0.15) is 48.1 Å². The van der Waals surface area contributed by atoms with Crippen LogP contribution in [-0.4, -0.2) is 7.28 Å². The first-order chi connectivity index (χ1) is 19.3. The molecule has 0 N–H and O–H groups in total. The van der Waals surface area contributed by atoms with Crippen molar-refractivity contribution in [3.63, 3.8) is 0 Å². The molecule has 0 saturated carbocycles. The minimum atomic E-state index is 0.732. The Labute approximate surface area is 242 Å². The maximum Gasteiger partial charge on any atom is 0.193 e. The van der Waals surface area contributed by atoms with Crippen LogP contribution in [0, 0.1) is 33.6 Å². The summed E-state index contributed by atoms with van der Waals surface area (Å²) in [5.41, 5.74) is 17.6. The first-order valence-corrected chi connectivity index (χ1v) is 14.8. The molecule has 0 amide bonds. The molecule has 5 aromatic carbocycles. The molecule has 0 bridgehead atoms. The zero-order chi connectivity index (χ0) is 28.2. The molecule has 40 heavy (non-hydrogen) atoms. The average molecular weight is 521 g/mol. The summed E-state index contributed by atoms with van der Waals surface area (Å²) in [5.74, 6) is 0.732. The normalized spacial score (nSPS) is 11.8. The molecule has 0 heterocycles. The van der Waals surface area contributed by atoms with Crippen LogP contribution >= 0.6 is 0 Å². The molecule has 0 radical (unpaired) electrons. The summed E-state index contributed by atoms with van der Waals surface area (Å²) in [6.07, 6.45) is 2.40. The molecule has 0 aliphatic rings. The van der Waals surface area contributed by atoms with E-state index in [1.165, 1.54) is 85.0 Å². The van der Waals surface area contributed by atoms with Crippen LogP contribution < -0.4 is 10.9 Å². The van der Waals surface area contributed by atoms with Crippen molar-refractivity contribution >= 4 is 18.2 Å². The molecule has 200 valence electrons. The van der Waals surface area contributed by atoms with Gasteiger partial charge >= 0.3 is 0 Å². The van der Waals surface area contributed by atoms with Crippen molar-refractivity contribution < 1.29 is 0 Å². The van der Waals surface area contributed by atoms with Gasteiger partial charge in [0.1, 0.15) is 0 Å². The Morgan fingerprint density at radius 1 is 0.500 bits per heavy atom. The molecule has 0 fully saturated rings. The topological polar surface area (TPSA) is 0 Å². The van der Waals surface area contributed by atoms with Crippen molar-refractivity contribution in [2.75, 3.05) is 0 Å². The van der Waals surface area contributed by atoms with E-state index in [1.54, 1.807) is 0 Å². The predicted molar refractivity (Wildman–Crippen MR) is 178 cm³/mol. The van der Waals surface area contributed by atoms with E-state index < -0.39 is 0 Å². The number of hydrogen-bond acceptors (Lipinski definition) is 0. The first kappa shape index (κ1) is 27.7. The summed E-state index contributed by atoms with van der Waals surface area (Å²) in [7, 11) is 0.997. The van der Waals surface area contributed by atoms with Crippen LogP contribution in [0.15, 0.2) is 103 Å². The highest BCUT2D eigenvalue weighted by atomic mass is 14.1. The molecule has 5 aromatic rings. The van der Waals surface area contributed by atoms with Gasteiger partial charge in [-0.25, -0.2) is 0 Å². The van der Waals surface area contributed by atoms with Gasteiger partial charge in [0.25, 0.3) is 0 Å². The Morgan fingerprint density at radius 3 is 1.30 bits per heavy atom. The maximum atomic E-state index is 2.42. The standard InChI is InChI=1S/C39H41B/c1-7-26(2)21-31-22-27(3)38(28(4)23-31)40-39-29(5)24-37(25-30(39)6)36-19-17-35(18-20-36)34-15-13-33(14-16-34)32-11-9-8-10-12-32/h8-20,22-26,40H,7,21H2,1-6H3. The molecule has 1 heteroatoms. The van der Waals surface area contributed by atoms with E-state index in [9.17, 15) is 0 Å². The fraction of sp³-hybridized carbons (Fsp3) is 0.231. The predicted octanol–water partition coefficient (Wildman–Crippen LogP) is 8.90. The number of hydrogen-bond donors (Lipinski definition) is 0. The van der Waals surface area contributed by atoms with Gasteiger partial charge < -0.3 is 0 Å². The van der Waals surface area contributed by atoms with Crippen molar-refractivity contribution in [2.45, 2.75) is 54.4 Å². The van der Waals surface area contributed by atoms with Crippen LogP contribution in [0.2, 0.25) is 0 Å². The second-order valence-corrected chi connectivity index (χ2v) is 11.7. The molecule has 0 spiro atoms. The molecule has 0 aliphatic heterocycles. The zero-order valence-electron chi connectivity index (χ0n) is 25.0. The Morgan fingerprint density at radius 2 is 0.875 bits per heavy atom. The highest BCUT2D eigenvalue weighted by Gasteiger charge is 2.14. The number of benzene rings is 5. The molecule has 1 atom stereocenters. The highest BCUT2D eigenvalue weighted by molar-refractivity contribution is 6.69. The zero-order valence-corrected chi connectivity index (χ0v) is 25.0. The molecule has 0 aromatic heterocycles. The molecule has 0 saturated heterocycles. The van der Waals surface area contributed by atoms with Crippen molar-refractivity contribution in [1.82, 2.24) is 0 Å². The third kappa shape index (κ3) is 6.15. The fourth-order valence-corrected chi connectivity index (χ4v) is 5.98. The van der Waals surface area contributed by atoms with Gasteiger partial charge in [0.05, 0.1) is 0 Å². The van der Waals surface area contributed by atoms with Crippen molar-refractivity contribution in [1.29, 1.82) is 0 Å². The van der Waals surface area contributed by atoms with E-state index in [0.29, 0.717) is 0 Å². The highest BCUT2D eigenvalue weighted by Crippen LogP contribution is 2.28. The minimum absolute atomic E-state index is 0.732. The number of aryl methyl sites for hydroxylation is 4. The van der Waals surface area contributed by atoms with Crippen molar-refractivity contribution in [3.05, 3.63) is 131 Å². The molecule has 5 rings (SSSR count). The molecule has 1 unspecified atom stereocenters. The molecular formula is C39H41B. The third-order valence-electron chi connectivity index (χ3n) is 8.63. The van der Waals surface area contributed by atoms with Crippen LogP contribution in [0.25, 0.3) is 33.4 Å². The lowest BCUT2D eigenvalue weighted by atomic mass is 9.58. The van der Waals surface area contributed by atoms with Crippen LogP contribution in [0.4, 0.5) is 0 Å². The van der Waals surface area contributed by atoms with Gasteiger partial charge in [-0.1, -0.05) is 157 Å². The van der Waals surface area contributed by atoms with E-state index in [0.717, 1.165) is 13.2 Å². The Hall–Kier alpha value is -3.84. The molecule has 0 aliphatic carbocycles. The van der Waals surface area contributed by atoms with E-state index in [4.69, 9.17) is 0 Å². The minimum Gasteiger partial charge on any atom is -0.0728 e. The second kappa shape index (κ2) is 12.1. The van der Waals surface area contributed by atoms with Gasteiger partial charge in [-0.05, 0) is 79.0 Å². The number of rotatable bonds is 8. The Balaban J connectivity index is 1.35. The van der Waals surface area contributed by atoms with E-state index in [1.807, 2.05) is 0 Å². The molecular weight excluding hydrogens is 479 g/mol. The lowest BCUT2D eigenvalue weighted by Crippen LogP contribution is -2.34. The van der Waals surface area contributed by atoms with E-state index >= 15 is 0 Å². The van der Waals surface area contributed by atoms with Crippen molar-refractivity contribution in [3.8, 4) is 33.4 Å². The Kier molecular flexibility index (Phi) is 8.41.